The van der Waals surface area contributed by atoms with Crippen LogP contribution in [0, 0.1) is 0 Å². The number of urea groups is 1. The van der Waals surface area contributed by atoms with Gasteiger partial charge in [0.05, 0.1) is 5.69 Å². The molecule has 3 aromatic rings. The third-order valence-electron chi connectivity index (χ3n) is 5.93. The van der Waals surface area contributed by atoms with E-state index in [4.69, 9.17) is 11.6 Å². The van der Waals surface area contributed by atoms with Crippen molar-refractivity contribution in [2.75, 3.05) is 62.6 Å². The minimum Gasteiger partial charge on any atom is -0.369 e. The Balaban J connectivity index is 1.04. The maximum absolute atomic E-state index is 12.0. The lowest BCUT2D eigenvalue weighted by Crippen LogP contribution is -2.47. The molecule has 1 aromatic heterocycles. The second-order valence-electron chi connectivity index (χ2n) is 8.44. The molecule has 2 heterocycles. The molecule has 0 atom stereocenters. The largest absolute Gasteiger partial charge is 0.369 e. The van der Waals surface area contributed by atoms with E-state index < -0.39 is 0 Å². The topological polar surface area (TPSA) is 85.4 Å². The van der Waals surface area contributed by atoms with Crippen molar-refractivity contribution in [2.45, 2.75) is 6.42 Å². The lowest BCUT2D eigenvalue weighted by molar-refractivity contribution is 0.236. The van der Waals surface area contributed by atoms with Gasteiger partial charge in [0.2, 0.25) is 0 Å². The third kappa shape index (κ3) is 7.83. The number of halogens is 1. The highest BCUT2D eigenvalue weighted by molar-refractivity contribution is 6.30. The summed E-state index contributed by atoms with van der Waals surface area (Å²) in [4.78, 5) is 16.8. The van der Waals surface area contributed by atoms with Crippen molar-refractivity contribution >= 4 is 29.1 Å². The average Bonchev–Trinajstić information content (AvgIpc) is 2.90. The molecule has 4 rings (SSSR count). The predicted octanol–water partition coefficient (Wildman–Crippen LogP) is 3.72. The number of rotatable bonds is 10. The van der Waals surface area contributed by atoms with Crippen LogP contribution in [0.25, 0.3) is 11.3 Å². The summed E-state index contributed by atoms with van der Waals surface area (Å²) < 4.78 is 0. The van der Waals surface area contributed by atoms with Crippen LogP contribution in [0.2, 0.25) is 5.02 Å². The number of benzene rings is 2. The molecular formula is C26H32ClN7O. The molecular weight excluding hydrogens is 462 g/mol. The van der Waals surface area contributed by atoms with Gasteiger partial charge in [-0.3, -0.25) is 4.90 Å². The van der Waals surface area contributed by atoms with Gasteiger partial charge in [-0.05, 0) is 43.3 Å². The number of piperazine rings is 1. The first-order valence-corrected chi connectivity index (χ1v) is 12.4. The number of anilines is 2. The van der Waals surface area contributed by atoms with Gasteiger partial charge in [0, 0.05) is 62.1 Å². The Morgan fingerprint density at radius 3 is 2.40 bits per heavy atom. The van der Waals surface area contributed by atoms with Gasteiger partial charge in [-0.1, -0.05) is 48.0 Å². The van der Waals surface area contributed by atoms with Crippen molar-refractivity contribution in [3.63, 3.8) is 0 Å². The van der Waals surface area contributed by atoms with Gasteiger partial charge in [-0.25, -0.2) is 4.79 Å². The summed E-state index contributed by atoms with van der Waals surface area (Å²) in [6.45, 7) is 6.70. The fraction of sp³-hybridized carbons (Fsp3) is 0.346. The fourth-order valence-electron chi connectivity index (χ4n) is 4.03. The van der Waals surface area contributed by atoms with Crippen LogP contribution >= 0.6 is 11.6 Å². The van der Waals surface area contributed by atoms with Crippen molar-refractivity contribution in [3.05, 3.63) is 71.8 Å². The Kier molecular flexibility index (Phi) is 9.14. The quantitative estimate of drug-likeness (QED) is 0.373. The Morgan fingerprint density at radius 1 is 0.857 bits per heavy atom. The van der Waals surface area contributed by atoms with Gasteiger partial charge in [0.25, 0.3) is 0 Å². The zero-order valence-electron chi connectivity index (χ0n) is 19.8. The van der Waals surface area contributed by atoms with Gasteiger partial charge in [0.15, 0.2) is 0 Å². The van der Waals surface area contributed by atoms with E-state index in [1.807, 2.05) is 60.7 Å². The molecule has 35 heavy (non-hydrogen) atoms. The number of aromatic nitrogens is 2. The zero-order valence-corrected chi connectivity index (χ0v) is 20.5. The number of carbonyl (C=O) groups excluding carboxylic acids is 1. The van der Waals surface area contributed by atoms with Gasteiger partial charge >= 0.3 is 6.03 Å². The first kappa shape index (κ1) is 24.8. The van der Waals surface area contributed by atoms with Crippen molar-refractivity contribution in [1.82, 2.24) is 25.7 Å². The van der Waals surface area contributed by atoms with E-state index in [2.05, 4.69) is 42.0 Å². The van der Waals surface area contributed by atoms with Gasteiger partial charge in [-0.2, -0.15) is 0 Å². The second-order valence-corrected chi connectivity index (χ2v) is 8.88. The lowest BCUT2D eigenvalue weighted by atomic mass is 10.1. The molecule has 0 unspecified atom stereocenters. The number of nitrogens with zero attached hydrogens (tertiary/aromatic N) is 4. The number of amides is 2. The molecule has 184 valence electrons. The van der Waals surface area contributed by atoms with Gasteiger partial charge in [-0.15, -0.1) is 10.2 Å². The zero-order chi connectivity index (χ0) is 24.3. The van der Waals surface area contributed by atoms with Crippen molar-refractivity contribution in [2.24, 2.45) is 0 Å². The van der Waals surface area contributed by atoms with Crippen LogP contribution in [0.3, 0.4) is 0 Å². The molecule has 3 N–H and O–H groups in total. The Bertz CT molecular complexity index is 1060. The van der Waals surface area contributed by atoms with Crippen LogP contribution in [0.4, 0.5) is 16.3 Å². The highest BCUT2D eigenvalue weighted by atomic mass is 35.5. The van der Waals surface area contributed by atoms with Gasteiger partial charge < -0.3 is 20.9 Å². The minimum absolute atomic E-state index is 0.150. The van der Waals surface area contributed by atoms with E-state index in [1.54, 1.807) is 0 Å². The molecule has 0 saturated carbocycles. The average molecular weight is 494 g/mol. The highest BCUT2D eigenvalue weighted by Crippen LogP contribution is 2.20. The van der Waals surface area contributed by atoms with Crippen LogP contribution in [-0.2, 0) is 0 Å². The van der Waals surface area contributed by atoms with E-state index in [0.29, 0.717) is 25.5 Å². The van der Waals surface area contributed by atoms with Crippen LogP contribution in [0.5, 0.6) is 0 Å². The summed E-state index contributed by atoms with van der Waals surface area (Å²) in [6.07, 6.45) is 0.923. The predicted molar refractivity (Wildman–Crippen MR) is 142 cm³/mol. The number of nitrogens with one attached hydrogen (secondary N) is 3. The van der Waals surface area contributed by atoms with Crippen molar-refractivity contribution < 1.29 is 4.79 Å². The summed E-state index contributed by atoms with van der Waals surface area (Å²) in [7, 11) is 0. The standard InChI is InChI=1S/C26H32ClN7O/c27-22-8-4-9-23(20-22)34-18-16-33(17-19-34)15-5-12-29-26(35)30-14-13-28-25-11-10-24(31-32-25)21-6-2-1-3-7-21/h1-4,6-11,20H,5,12-19H2,(H,28,32)(H2,29,30,35). The summed E-state index contributed by atoms with van der Waals surface area (Å²) in [6, 6.07) is 21.6. The summed E-state index contributed by atoms with van der Waals surface area (Å²) in [5.74, 6) is 0.683. The monoisotopic (exact) mass is 493 g/mol. The molecule has 9 heteroatoms. The molecule has 0 spiro atoms. The van der Waals surface area contributed by atoms with E-state index in [9.17, 15) is 4.79 Å². The van der Waals surface area contributed by atoms with Crippen LogP contribution in [0.15, 0.2) is 66.7 Å². The molecule has 1 fully saturated rings. The number of carbonyl (C=O) groups is 1. The molecule has 2 aromatic carbocycles. The summed E-state index contributed by atoms with van der Waals surface area (Å²) in [5.41, 5.74) is 3.04. The highest BCUT2D eigenvalue weighted by Gasteiger charge is 2.17. The molecule has 2 amide bonds. The third-order valence-corrected chi connectivity index (χ3v) is 6.17. The van der Waals surface area contributed by atoms with Crippen molar-refractivity contribution in [3.8, 4) is 11.3 Å². The second kappa shape index (κ2) is 12.9. The summed E-state index contributed by atoms with van der Waals surface area (Å²) >= 11 is 6.11. The van der Waals surface area contributed by atoms with Gasteiger partial charge in [0.1, 0.15) is 5.82 Å². The normalized spacial score (nSPS) is 13.9. The minimum atomic E-state index is -0.150. The smallest absolute Gasteiger partial charge is 0.314 e. The Morgan fingerprint density at radius 2 is 1.66 bits per heavy atom. The van der Waals surface area contributed by atoms with E-state index in [0.717, 1.165) is 55.4 Å². The molecule has 0 aliphatic carbocycles. The fourth-order valence-corrected chi connectivity index (χ4v) is 4.21. The molecule has 1 saturated heterocycles. The van der Waals surface area contributed by atoms with E-state index in [1.165, 1.54) is 5.69 Å². The maximum Gasteiger partial charge on any atom is 0.314 e. The van der Waals surface area contributed by atoms with Crippen LogP contribution < -0.4 is 20.9 Å². The molecule has 0 bridgehead atoms. The SMILES string of the molecule is O=C(NCCCN1CCN(c2cccc(Cl)c2)CC1)NCCNc1ccc(-c2ccccc2)nn1. The lowest BCUT2D eigenvalue weighted by Gasteiger charge is -2.36. The summed E-state index contributed by atoms with van der Waals surface area (Å²) in [5, 5.41) is 18.2. The van der Waals surface area contributed by atoms with Crippen molar-refractivity contribution in [1.29, 1.82) is 0 Å². The molecule has 0 radical (unpaired) electrons. The number of hydrogen-bond donors (Lipinski definition) is 3. The number of hydrogen-bond acceptors (Lipinski definition) is 6. The Labute approximate surface area is 211 Å². The van der Waals surface area contributed by atoms with Crippen LogP contribution in [0.1, 0.15) is 6.42 Å². The maximum atomic E-state index is 12.0. The molecule has 8 nitrogen and oxygen atoms in total. The van der Waals surface area contributed by atoms with E-state index >= 15 is 0 Å². The Hall–Kier alpha value is -3.36. The molecule has 1 aliphatic heterocycles. The molecule has 1 aliphatic rings. The van der Waals surface area contributed by atoms with Crippen LogP contribution in [-0.4, -0.2) is 73.5 Å². The first-order chi connectivity index (χ1) is 17.2. The first-order valence-electron chi connectivity index (χ1n) is 12.0. The van der Waals surface area contributed by atoms with E-state index in [-0.39, 0.29) is 6.03 Å².